The maximum atomic E-state index is 12.3. The highest BCUT2D eigenvalue weighted by molar-refractivity contribution is 6.30. The number of halogens is 1. The molecule has 0 aliphatic carbocycles. The number of imidazole rings is 1. The second-order valence-corrected chi connectivity index (χ2v) is 8.87. The number of carbonyl (C=O) groups excluding carboxylic acids is 1. The number of nitrogens with one attached hydrogen (secondary N) is 2. The van der Waals surface area contributed by atoms with E-state index in [-0.39, 0.29) is 5.82 Å². The lowest BCUT2D eigenvalue weighted by atomic mass is 10.1. The Kier molecular flexibility index (Phi) is 6.80. The van der Waals surface area contributed by atoms with Gasteiger partial charge in [0.2, 0.25) is 0 Å². The van der Waals surface area contributed by atoms with Gasteiger partial charge in [-0.25, -0.2) is 15.0 Å². The van der Waals surface area contributed by atoms with Gasteiger partial charge in [-0.3, -0.25) is 19.3 Å². The Labute approximate surface area is 216 Å². The normalized spacial score (nSPS) is 21.2. The van der Waals surface area contributed by atoms with Crippen molar-refractivity contribution in [3.05, 3.63) is 72.2 Å². The van der Waals surface area contributed by atoms with Crippen LogP contribution in [0.4, 0.5) is 5.82 Å². The van der Waals surface area contributed by atoms with Gasteiger partial charge in [0.05, 0.1) is 23.6 Å². The van der Waals surface area contributed by atoms with Crippen LogP contribution in [-0.2, 0) is 16.1 Å². The maximum absolute atomic E-state index is 12.3. The minimum atomic E-state index is -1.48. The van der Waals surface area contributed by atoms with E-state index in [1.165, 1.54) is 23.3 Å². The Balaban J connectivity index is 1.57. The van der Waals surface area contributed by atoms with Gasteiger partial charge in [0.1, 0.15) is 12.2 Å². The van der Waals surface area contributed by atoms with E-state index in [2.05, 4.69) is 42.1 Å². The van der Waals surface area contributed by atoms with E-state index in [1.54, 1.807) is 18.5 Å². The predicted octanol–water partition coefficient (Wildman–Crippen LogP) is 1.74. The van der Waals surface area contributed by atoms with E-state index in [0.29, 0.717) is 34.1 Å². The van der Waals surface area contributed by atoms with Crippen molar-refractivity contribution < 1.29 is 19.7 Å². The molecule has 0 spiro atoms. The third-order valence-electron chi connectivity index (χ3n) is 5.81. The molecule has 12 nitrogen and oxygen atoms in total. The highest BCUT2D eigenvalue weighted by atomic mass is 35.5. The zero-order valence-corrected chi connectivity index (χ0v) is 20.4. The molecule has 0 saturated carbocycles. The van der Waals surface area contributed by atoms with E-state index in [1.807, 2.05) is 19.1 Å². The van der Waals surface area contributed by atoms with Gasteiger partial charge < -0.3 is 25.6 Å². The topological polar surface area (TPSA) is 160 Å². The number of aliphatic hydroxyl groups excluding tert-OH is 2. The molecule has 0 bridgehead atoms. The van der Waals surface area contributed by atoms with Gasteiger partial charge in [-0.1, -0.05) is 18.2 Å². The molecule has 1 aliphatic heterocycles. The van der Waals surface area contributed by atoms with Crippen molar-refractivity contribution in [3.63, 3.8) is 0 Å². The molecule has 37 heavy (non-hydrogen) atoms. The lowest BCUT2D eigenvalue weighted by Crippen LogP contribution is -2.40. The van der Waals surface area contributed by atoms with E-state index >= 15 is 0 Å². The van der Waals surface area contributed by atoms with Crippen LogP contribution in [0.3, 0.4) is 0 Å². The van der Waals surface area contributed by atoms with Crippen molar-refractivity contribution in [1.82, 2.24) is 34.8 Å². The molecule has 5 heterocycles. The van der Waals surface area contributed by atoms with Gasteiger partial charge in [-0.05, 0) is 36.9 Å². The number of anilines is 1. The average molecular weight is 523 g/mol. The Morgan fingerprint density at radius 1 is 1.24 bits per heavy atom. The summed E-state index contributed by atoms with van der Waals surface area (Å²) in [5.74, 6) is 0.0516. The van der Waals surface area contributed by atoms with Crippen LogP contribution in [0.15, 0.2) is 55.9 Å². The number of aromatic nitrogens is 6. The number of hydrogen-bond donors (Lipinski definition) is 4. The van der Waals surface area contributed by atoms with Crippen LogP contribution in [0.1, 0.15) is 17.5 Å². The van der Waals surface area contributed by atoms with Crippen LogP contribution in [-0.4, -0.2) is 63.9 Å². The smallest absolute Gasteiger partial charge is 0.255 e. The minimum absolute atomic E-state index is 0.290. The number of carbonyl (C=O) groups is 1. The molecule has 4 aromatic rings. The van der Waals surface area contributed by atoms with Crippen molar-refractivity contribution >= 4 is 34.5 Å². The fourth-order valence-corrected chi connectivity index (χ4v) is 4.22. The zero-order valence-electron chi connectivity index (χ0n) is 19.6. The Morgan fingerprint density at radius 2 is 2.08 bits per heavy atom. The first-order chi connectivity index (χ1) is 17.9. The molecule has 4 atom stereocenters. The van der Waals surface area contributed by atoms with Crippen LogP contribution in [0.5, 0.6) is 0 Å². The summed E-state index contributed by atoms with van der Waals surface area (Å²) < 4.78 is 7.19. The SMILES string of the molecule is C=CNC(=O)[C@H]1O[C@@H](n2cnc3c(NCc4cc(C)ccn4)nc(-c4cncc(Cl)c4)nc32)[C@H](O)[C@@H]1O. The molecule has 1 amide bonds. The van der Waals surface area contributed by atoms with Crippen molar-refractivity contribution in [3.8, 4) is 11.4 Å². The van der Waals surface area contributed by atoms with E-state index in [4.69, 9.17) is 16.3 Å². The summed E-state index contributed by atoms with van der Waals surface area (Å²) >= 11 is 6.14. The molecule has 4 aromatic heterocycles. The molecule has 1 saturated heterocycles. The monoisotopic (exact) mass is 522 g/mol. The van der Waals surface area contributed by atoms with Crippen LogP contribution in [0.2, 0.25) is 5.02 Å². The number of ether oxygens (including phenoxy) is 1. The molecule has 0 aromatic carbocycles. The standard InChI is InChI=1S/C24H23ClN8O4/c1-3-27-23(36)19-17(34)18(35)24(37-19)33-11-30-16-21(29-10-15-6-12(2)4-5-28-15)31-20(32-22(16)33)13-7-14(25)9-26-8-13/h3-9,11,17-19,24,34-35H,1,10H2,2H3,(H,27,36)(H,29,31,32)/t17-,18+,19-,24+/m0/s1. The summed E-state index contributed by atoms with van der Waals surface area (Å²) in [6.07, 6.45) is 1.99. The van der Waals surface area contributed by atoms with Gasteiger partial charge in [0, 0.05) is 24.2 Å². The van der Waals surface area contributed by atoms with Crippen molar-refractivity contribution in [2.24, 2.45) is 0 Å². The summed E-state index contributed by atoms with van der Waals surface area (Å²) in [5.41, 5.74) is 3.10. The van der Waals surface area contributed by atoms with Gasteiger partial charge in [0.25, 0.3) is 5.91 Å². The van der Waals surface area contributed by atoms with Crippen LogP contribution in [0, 0.1) is 6.92 Å². The number of fused-ring (bicyclic) bond motifs is 1. The number of pyridine rings is 2. The van der Waals surface area contributed by atoms with Crippen molar-refractivity contribution in [2.75, 3.05) is 5.32 Å². The van der Waals surface area contributed by atoms with Gasteiger partial charge >= 0.3 is 0 Å². The summed E-state index contributed by atoms with van der Waals surface area (Å²) in [5, 5.41) is 27.2. The number of aryl methyl sites for hydroxylation is 1. The Morgan fingerprint density at radius 3 is 2.84 bits per heavy atom. The second-order valence-electron chi connectivity index (χ2n) is 8.43. The fourth-order valence-electron chi connectivity index (χ4n) is 4.05. The molecule has 5 rings (SSSR count). The third-order valence-corrected chi connectivity index (χ3v) is 6.02. The second kappa shape index (κ2) is 10.2. The fraction of sp³-hybridized carbons (Fsp3) is 0.250. The maximum Gasteiger partial charge on any atom is 0.255 e. The molecular weight excluding hydrogens is 500 g/mol. The Hall–Kier alpha value is -3.97. The largest absolute Gasteiger partial charge is 0.387 e. The molecular formula is C24H23ClN8O4. The number of nitrogens with zero attached hydrogens (tertiary/aromatic N) is 6. The average Bonchev–Trinajstić information content (AvgIpc) is 3.43. The number of amides is 1. The molecule has 13 heteroatoms. The highest BCUT2D eigenvalue weighted by Gasteiger charge is 2.47. The zero-order chi connectivity index (χ0) is 26.1. The van der Waals surface area contributed by atoms with Crippen molar-refractivity contribution in [2.45, 2.75) is 38.0 Å². The lowest BCUT2D eigenvalue weighted by molar-refractivity contribution is -0.136. The number of rotatable bonds is 7. The highest BCUT2D eigenvalue weighted by Crippen LogP contribution is 2.34. The molecule has 0 radical (unpaired) electrons. The molecule has 1 aliphatic rings. The van der Waals surface area contributed by atoms with Crippen molar-refractivity contribution in [1.29, 1.82) is 0 Å². The van der Waals surface area contributed by atoms with Gasteiger partial charge in [-0.15, -0.1) is 0 Å². The van der Waals surface area contributed by atoms with E-state index in [9.17, 15) is 15.0 Å². The van der Waals surface area contributed by atoms with Gasteiger partial charge in [-0.2, -0.15) is 0 Å². The summed E-state index contributed by atoms with van der Waals surface area (Å²) in [7, 11) is 0. The number of aliphatic hydroxyl groups is 2. The third kappa shape index (κ3) is 4.87. The molecule has 4 N–H and O–H groups in total. The summed E-state index contributed by atoms with van der Waals surface area (Å²) in [6, 6.07) is 5.52. The minimum Gasteiger partial charge on any atom is -0.387 e. The first-order valence-corrected chi connectivity index (χ1v) is 11.7. The molecule has 0 unspecified atom stereocenters. The molecule has 190 valence electrons. The van der Waals surface area contributed by atoms with Gasteiger partial charge in [0.15, 0.2) is 35.1 Å². The van der Waals surface area contributed by atoms with Crippen LogP contribution < -0.4 is 10.6 Å². The quantitative estimate of drug-likeness (QED) is 0.281. The van der Waals surface area contributed by atoms with Crippen LogP contribution >= 0.6 is 11.6 Å². The first-order valence-electron chi connectivity index (χ1n) is 11.3. The molecule has 1 fully saturated rings. The lowest BCUT2D eigenvalue weighted by Gasteiger charge is -2.17. The van der Waals surface area contributed by atoms with E-state index in [0.717, 1.165) is 11.3 Å². The van der Waals surface area contributed by atoms with Crippen LogP contribution in [0.25, 0.3) is 22.6 Å². The van der Waals surface area contributed by atoms with E-state index < -0.39 is 30.4 Å². The number of hydrogen-bond acceptors (Lipinski definition) is 10. The predicted molar refractivity (Wildman–Crippen MR) is 134 cm³/mol. The Bertz CT molecular complexity index is 1480. The summed E-state index contributed by atoms with van der Waals surface area (Å²) in [6.45, 7) is 5.77. The first kappa shape index (κ1) is 24.7. The summed E-state index contributed by atoms with van der Waals surface area (Å²) in [4.78, 5) is 34.5.